The summed E-state index contributed by atoms with van der Waals surface area (Å²) in [4.78, 5) is 19.1. The third-order valence-corrected chi connectivity index (χ3v) is 7.08. The van der Waals surface area contributed by atoms with Crippen LogP contribution in [0.3, 0.4) is 0 Å². The largest absolute Gasteiger partial charge is 0.294 e. The van der Waals surface area contributed by atoms with Crippen molar-refractivity contribution in [3.63, 3.8) is 0 Å². The van der Waals surface area contributed by atoms with Crippen LogP contribution in [0.2, 0.25) is 0 Å². The van der Waals surface area contributed by atoms with Gasteiger partial charge in [-0.05, 0) is 17.7 Å². The first kappa shape index (κ1) is 20.2. The topological polar surface area (TPSA) is 195 Å². The highest BCUT2D eigenvalue weighted by atomic mass is 32.2. The maximum atomic E-state index is 12.1. The standard InChI is InChI=1S/C13H8N2O10S3/c16-14(17)6-1-2-7-9(5-6)26-12-8(15(18)19)3-4-10(27(20,21)22)11(12)13(7)28(23,24)25/h1-5,13H,(H,20,21,22)(H,23,24,25). The van der Waals surface area contributed by atoms with Crippen molar-refractivity contribution >= 4 is 43.4 Å². The Labute approximate surface area is 161 Å². The lowest BCUT2D eigenvalue weighted by Crippen LogP contribution is -2.21. The first-order valence-corrected chi connectivity index (χ1v) is 10.8. The van der Waals surface area contributed by atoms with Gasteiger partial charge in [0, 0.05) is 28.7 Å². The highest BCUT2D eigenvalue weighted by Crippen LogP contribution is 2.53. The summed E-state index contributed by atoms with van der Waals surface area (Å²) in [6, 6.07) is 4.28. The Morgan fingerprint density at radius 3 is 2.11 bits per heavy atom. The van der Waals surface area contributed by atoms with Gasteiger partial charge in [0.15, 0.2) is 0 Å². The number of nitrogens with zero attached hydrogens (tertiary/aromatic N) is 2. The van der Waals surface area contributed by atoms with E-state index >= 15 is 0 Å². The molecule has 0 fully saturated rings. The number of benzene rings is 2. The number of hydrogen-bond acceptors (Lipinski definition) is 9. The molecule has 0 bridgehead atoms. The minimum Gasteiger partial charge on any atom is -0.285 e. The average Bonchev–Trinajstić information content (AvgIpc) is 2.55. The SMILES string of the molecule is O=[N+]([O-])c1ccc2c(c1)Sc1c([N+](=O)[O-])ccc(S(=O)(=O)O)c1C2S(=O)(=O)O. The number of nitro benzene ring substituents is 2. The Bertz CT molecular complexity index is 1250. The smallest absolute Gasteiger partial charge is 0.285 e. The van der Waals surface area contributed by atoms with E-state index in [2.05, 4.69) is 0 Å². The van der Waals surface area contributed by atoms with Crippen molar-refractivity contribution in [3.8, 4) is 0 Å². The van der Waals surface area contributed by atoms with Crippen molar-refractivity contribution in [2.24, 2.45) is 0 Å². The zero-order chi connectivity index (χ0) is 21.0. The molecule has 0 radical (unpaired) electrons. The van der Waals surface area contributed by atoms with Crippen LogP contribution in [0.15, 0.2) is 45.0 Å². The normalized spacial score (nSPS) is 16.1. The summed E-state index contributed by atoms with van der Waals surface area (Å²) in [6.45, 7) is 0. The molecule has 0 aliphatic carbocycles. The van der Waals surface area contributed by atoms with Crippen LogP contribution in [0.4, 0.5) is 11.4 Å². The minimum absolute atomic E-state index is 0.0973. The second-order valence-electron chi connectivity index (χ2n) is 5.53. The van der Waals surface area contributed by atoms with Gasteiger partial charge < -0.3 is 0 Å². The fourth-order valence-electron chi connectivity index (χ4n) is 2.81. The summed E-state index contributed by atoms with van der Waals surface area (Å²) in [5.41, 5.74) is -2.07. The number of hydrogen-bond donors (Lipinski definition) is 2. The molecule has 148 valence electrons. The van der Waals surface area contributed by atoms with Gasteiger partial charge in [-0.2, -0.15) is 16.8 Å². The summed E-state index contributed by atoms with van der Waals surface area (Å²) >= 11 is 0.522. The second-order valence-corrected chi connectivity index (χ2v) is 9.48. The van der Waals surface area contributed by atoms with E-state index in [-0.39, 0.29) is 10.5 Å². The van der Waals surface area contributed by atoms with Gasteiger partial charge in [0.2, 0.25) is 0 Å². The van der Waals surface area contributed by atoms with E-state index in [0.717, 1.165) is 24.3 Å². The van der Waals surface area contributed by atoms with Crippen LogP contribution in [-0.4, -0.2) is 35.8 Å². The number of rotatable bonds is 4. The van der Waals surface area contributed by atoms with E-state index in [1.165, 1.54) is 0 Å². The van der Waals surface area contributed by atoms with Crippen LogP contribution in [0, 0.1) is 20.2 Å². The van der Waals surface area contributed by atoms with Crippen molar-refractivity contribution in [2.45, 2.75) is 19.9 Å². The van der Waals surface area contributed by atoms with E-state index in [1.54, 1.807) is 0 Å². The second kappa shape index (κ2) is 6.49. The summed E-state index contributed by atoms with van der Waals surface area (Å²) in [5, 5.41) is 20.2. The number of non-ortho nitro benzene ring substituents is 1. The maximum absolute atomic E-state index is 12.1. The van der Waals surface area contributed by atoms with Gasteiger partial charge >= 0.3 is 0 Å². The Hall–Kier alpha value is -2.59. The van der Waals surface area contributed by atoms with Crippen molar-refractivity contribution in [2.75, 3.05) is 0 Å². The van der Waals surface area contributed by atoms with Crippen LogP contribution in [-0.2, 0) is 20.2 Å². The molecule has 28 heavy (non-hydrogen) atoms. The summed E-state index contributed by atoms with van der Waals surface area (Å²) in [5.74, 6) is 0. The minimum atomic E-state index is -5.09. The predicted octanol–water partition coefficient (Wildman–Crippen LogP) is 2.19. The molecule has 0 aromatic heterocycles. The lowest BCUT2D eigenvalue weighted by molar-refractivity contribution is -0.387. The predicted molar refractivity (Wildman–Crippen MR) is 93.5 cm³/mol. The first-order chi connectivity index (χ1) is 12.8. The van der Waals surface area contributed by atoms with Gasteiger partial charge in [0.1, 0.15) is 10.1 Å². The molecule has 2 aromatic carbocycles. The molecule has 0 amide bonds. The number of nitro groups is 2. The molecule has 1 aliphatic heterocycles. The molecule has 1 unspecified atom stereocenters. The Balaban J connectivity index is 2.48. The zero-order valence-electron chi connectivity index (χ0n) is 13.2. The fraction of sp³-hybridized carbons (Fsp3) is 0.0769. The summed E-state index contributed by atoms with van der Waals surface area (Å²) in [7, 11) is -10.1. The molecule has 12 nitrogen and oxygen atoms in total. The van der Waals surface area contributed by atoms with E-state index < -0.39 is 62.1 Å². The van der Waals surface area contributed by atoms with E-state index in [0.29, 0.717) is 17.8 Å². The summed E-state index contributed by atoms with van der Waals surface area (Å²) in [6.07, 6.45) is 0. The highest BCUT2D eigenvalue weighted by molar-refractivity contribution is 8.00. The molecule has 1 atom stereocenters. The molecule has 0 saturated carbocycles. The molecule has 0 saturated heterocycles. The van der Waals surface area contributed by atoms with Crippen molar-refractivity contribution < 1.29 is 35.8 Å². The van der Waals surface area contributed by atoms with Gasteiger partial charge in [0.25, 0.3) is 31.6 Å². The van der Waals surface area contributed by atoms with E-state index in [4.69, 9.17) is 0 Å². The first-order valence-electron chi connectivity index (χ1n) is 7.03. The van der Waals surface area contributed by atoms with Crippen LogP contribution in [0.1, 0.15) is 16.4 Å². The Morgan fingerprint density at radius 1 is 0.964 bits per heavy atom. The Kier molecular flexibility index (Phi) is 4.67. The van der Waals surface area contributed by atoms with Gasteiger partial charge in [-0.25, -0.2) is 0 Å². The zero-order valence-corrected chi connectivity index (χ0v) is 15.7. The molecule has 1 aliphatic rings. The van der Waals surface area contributed by atoms with Crippen LogP contribution in [0.25, 0.3) is 0 Å². The molecule has 0 spiro atoms. The average molecular weight is 448 g/mol. The molecular weight excluding hydrogens is 440 g/mol. The lowest BCUT2D eigenvalue weighted by Gasteiger charge is -2.26. The Morgan fingerprint density at radius 2 is 1.61 bits per heavy atom. The van der Waals surface area contributed by atoms with Crippen molar-refractivity contribution in [1.29, 1.82) is 0 Å². The van der Waals surface area contributed by atoms with Crippen molar-refractivity contribution in [3.05, 3.63) is 61.7 Å². The van der Waals surface area contributed by atoms with Gasteiger partial charge in [0.05, 0.1) is 14.7 Å². The molecule has 15 heteroatoms. The van der Waals surface area contributed by atoms with E-state index in [9.17, 15) is 46.2 Å². The maximum Gasteiger partial charge on any atom is 0.294 e. The third kappa shape index (κ3) is 3.33. The van der Waals surface area contributed by atoms with Crippen molar-refractivity contribution in [1.82, 2.24) is 0 Å². The molecule has 3 rings (SSSR count). The van der Waals surface area contributed by atoms with Gasteiger partial charge in [-0.3, -0.25) is 29.3 Å². The molecule has 1 heterocycles. The molecule has 2 N–H and O–H groups in total. The third-order valence-electron chi connectivity index (χ3n) is 3.87. The monoisotopic (exact) mass is 448 g/mol. The van der Waals surface area contributed by atoms with Crippen LogP contribution >= 0.6 is 11.8 Å². The lowest BCUT2D eigenvalue weighted by atomic mass is 10.0. The highest BCUT2D eigenvalue weighted by Gasteiger charge is 2.42. The summed E-state index contributed by atoms with van der Waals surface area (Å²) < 4.78 is 66.7. The van der Waals surface area contributed by atoms with Crippen LogP contribution in [0.5, 0.6) is 0 Å². The molecular formula is C13H8N2O10S3. The van der Waals surface area contributed by atoms with E-state index in [1.807, 2.05) is 0 Å². The molecule has 2 aromatic rings. The van der Waals surface area contributed by atoms with Gasteiger partial charge in [-0.15, -0.1) is 0 Å². The van der Waals surface area contributed by atoms with Crippen LogP contribution < -0.4 is 0 Å². The number of fused-ring (bicyclic) bond motifs is 2. The van der Waals surface area contributed by atoms with Gasteiger partial charge in [-0.1, -0.05) is 11.8 Å². The quantitative estimate of drug-likeness (QED) is 0.395. The fourth-order valence-corrected chi connectivity index (χ4v) is 6.19.